The first-order valence-corrected chi connectivity index (χ1v) is 9.04. The van der Waals surface area contributed by atoms with Crippen LogP contribution in [-0.4, -0.2) is 23.1 Å². The van der Waals surface area contributed by atoms with E-state index in [-0.39, 0.29) is 0 Å². The molecule has 2 aliphatic rings. The highest BCUT2D eigenvalue weighted by molar-refractivity contribution is 7.19. The monoisotopic (exact) mass is 301 g/mol. The Morgan fingerprint density at radius 2 is 1.86 bits per heavy atom. The van der Waals surface area contributed by atoms with Crippen molar-refractivity contribution in [3.05, 3.63) is 16.8 Å². The number of aromatic nitrogens is 2. The van der Waals surface area contributed by atoms with E-state index in [0.717, 1.165) is 24.9 Å². The second-order valence-corrected chi connectivity index (χ2v) is 8.02. The van der Waals surface area contributed by atoms with Gasteiger partial charge < -0.3 is 4.90 Å². The molecule has 1 aliphatic carbocycles. The molecule has 112 valence electrons. The van der Waals surface area contributed by atoms with Gasteiger partial charge in [-0.25, -0.2) is 9.97 Å². The van der Waals surface area contributed by atoms with Gasteiger partial charge in [0.15, 0.2) is 0 Å². The molecule has 2 aromatic heterocycles. The number of fused-ring (bicyclic) bond motifs is 3. The Morgan fingerprint density at radius 1 is 1.10 bits per heavy atom. The molecule has 3 heterocycles. The summed E-state index contributed by atoms with van der Waals surface area (Å²) in [5.74, 6) is 2.72. The summed E-state index contributed by atoms with van der Waals surface area (Å²) in [6.07, 6.45) is 8.22. The molecule has 0 bridgehead atoms. The van der Waals surface area contributed by atoms with Crippen molar-refractivity contribution >= 4 is 27.4 Å². The quantitative estimate of drug-likeness (QED) is 0.795. The van der Waals surface area contributed by atoms with Crippen LogP contribution in [0.5, 0.6) is 0 Å². The van der Waals surface area contributed by atoms with E-state index in [1.807, 2.05) is 11.3 Å². The zero-order chi connectivity index (χ0) is 14.4. The van der Waals surface area contributed by atoms with Crippen molar-refractivity contribution in [2.75, 3.05) is 18.0 Å². The SMILES string of the molecule is C[C@@H]1C[C@H](C)CN(c2ncnc3sc4c(c23)CCCC4)C1. The molecule has 0 saturated carbocycles. The lowest BCUT2D eigenvalue weighted by Crippen LogP contribution is -2.39. The fraction of sp³-hybridized carbons (Fsp3) is 0.647. The predicted octanol–water partition coefficient (Wildman–Crippen LogP) is 4.05. The summed E-state index contributed by atoms with van der Waals surface area (Å²) >= 11 is 1.90. The third-order valence-corrected chi connectivity index (χ3v) is 6.10. The molecule has 2 aromatic rings. The van der Waals surface area contributed by atoms with Crippen LogP contribution in [-0.2, 0) is 12.8 Å². The first kappa shape index (κ1) is 13.5. The summed E-state index contributed by atoms with van der Waals surface area (Å²) in [7, 11) is 0. The van der Waals surface area contributed by atoms with Crippen LogP contribution in [0, 0.1) is 11.8 Å². The van der Waals surface area contributed by atoms with E-state index in [1.165, 1.54) is 48.1 Å². The van der Waals surface area contributed by atoms with E-state index in [4.69, 9.17) is 4.98 Å². The summed E-state index contributed by atoms with van der Waals surface area (Å²) in [5, 5.41) is 1.37. The Morgan fingerprint density at radius 3 is 2.67 bits per heavy atom. The molecule has 0 aromatic carbocycles. The minimum atomic E-state index is 0.758. The number of thiophene rings is 1. The number of hydrogen-bond acceptors (Lipinski definition) is 4. The van der Waals surface area contributed by atoms with Gasteiger partial charge in [0.25, 0.3) is 0 Å². The molecule has 2 atom stereocenters. The van der Waals surface area contributed by atoms with Gasteiger partial charge in [0.2, 0.25) is 0 Å². The van der Waals surface area contributed by atoms with Crippen LogP contribution in [0.2, 0.25) is 0 Å². The Balaban J connectivity index is 1.83. The number of aryl methyl sites for hydroxylation is 2. The first-order valence-electron chi connectivity index (χ1n) is 8.22. The van der Waals surface area contributed by atoms with Crippen molar-refractivity contribution in [3.63, 3.8) is 0 Å². The van der Waals surface area contributed by atoms with Crippen LogP contribution in [0.3, 0.4) is 0 Å². The highest BCUT2D eigenvalue weighted by Gasteiger charge is 2.27. The zero-order valence-corrected chi connectivity index (χ0v) is 13.7. The van der Waals surface area contributed by atoms with Gasteiger partial charge in [-0.05, 0) is 49.5 Å². The van der Waals surface area contributed by atoms with Crippen molar-refractivity contribution in [3.8, 4) is 0 Å². The summed E-state index contributed by atoms with van der Waals surface area (Å²) in [5.41, 5.74) is 1.56. The average molecular weight is 301 g/mol. The minimum absolute atomic E-state index is 0.758. The highest BCUT2D eigenvalue weighted by atomic mass is 32.1. The molecule has 0 spiro atoms. The van der Waals surface area contributed by atoms with Gasteiger partial charge in [-0.3, -0.25) is 0 Å². The summed E-state index contributed by atoms with van der Waals surface area (Å²) < 4.78 is 0. The molecule has 0 radical (unpaired) electrons. The normalized spacial score (nSPS) is 26.1. The lowest BCUT2D eigenvalue weighted by molar-refractivity contribution is 0.356. The molecule has 0 N–H and O–H groups in total. The number of nitrogens with zero attached hydrogens (tertiary/aromatic N) is 3. The van der Waals surface area contributed by atoms with Gasteiger partial charge in [0.05, 0.1) is 5.39 Å². The largest absolute Gasteiger partial charge is 0.355 e. The number of anilines is 1. The summed E-state index contributed by atoms with van der Waals surface area (Å²) in [6.45, 7) is 7.01. The molecule has 1 aliphatic heterocycles. The fourth-order valence-electron chi connectivity index (χ4n) is 4.15. The van der Waals surface area contributed by atoms with Crippen LogP contribution in [0.25, 0.3) is 10.2 Å². The Labute approximate surface area is 130 Å². The van der Waals surface area contributed by atoms with Crippen molar-refractivity contribution in [2.45, 2.75) is 46.0 Å². The van der Waals surface area contributed by atoms with Gasteiger partial charge in [0.1, 0.15) is 17.0 Å². The first-order chi connectivity index (χ1) is 10.2. The second-order valence-electron chi connectivity index (χ2n) is 6.94. The third kappa shape index (κ3) is 2.33. The highest BCUT2D eigenvalue weighted by Crippen LogP contribution is 2.40. The van der Waals surface area contributed by atoms with Crippen molar-refractivity contribution in [2.24, 2.45) is 11.8 Å². The number of rotatable bonds is 1. The molecule has 4 rings (SSSR count). The average Bonchev–Trinajstić information content (AvgIpc) is 2.84. The van der Waals surface area contributed by atoms with Crippen LogP contribution >= 0.6 is 11.3 Å². The topological polar surface area (TPSA) is 29.0 Å². The fourth-order valence-corrected chi connectivity index (χ4v) is 5.37. The van der Waals surface area contributed by atoms with Crippen molar-refractivity contribution < 1.29 is 0 Å². The zero-order valence-electron chi connectivity index (χ0n) is 12.9. The molecule has 3 nitrogen and oxygen atoms in total. The van der Waals surface area contributed by atoms with E-state index in [0.29, 0.717) is 0 Å². The number of piperidine rings is 1. The lowest BCUT2D eigenvalue weighted by atomic mass is 9.91. The van der Waals surface area contributed by atoms with E-state index >= 15 is 0 Å². The van der Waals surface area contributed by atoms with E-state index < -0.39 is 0 Å². The van der Waals surface area contributed by atoms with Crippen molar-refractivity contribution in [1.82, 2.24) is 9.97 Å². The minimum Gasteiger partial charge on any atom is -0.355 e. The van der Waals surface area contributed by atoms with E-state index in [2.05, 4.69) is 23.7 Å². The molecule has 0 unspecified atom stereocenters. The summed E-state index contributed by atoms with van der Waals surface area (Å²) in [4.78, 5) is 14.6. The molecule has 1 fully saturated rings. The van der Waals surface area contributed by atoms with E-state index in [1.54, 1.807) is 16.8 Å². The lowest BCUT2D eigenvalue weighted by Gasteiger charge is -2.36. The Bertz CT molecular complexity index is 653. The van der Waals surface area contributed by atoms with Crippen LogP contribution < -0.4 is 4.90 Å². The number of hydrogen-bond donors (Lipinski definition) is 0. The van der Waals surface area contributed by atoms with Crippen LogP contribution in [0.15, 0.2) is 6.33 Å². The van der Waals surface area contributed by atoms with Gasteiger partial charge in [-0.1, -0.05) is 13.8 Å². The maximum absolute atomic E-state index is 4.70. The third-order valence-electron chi connectivity index (χ3n) is 4.90. The van der Waals surface area contributed by atoms with Gasteiger partial charge in [-0.15, -0.1) is 11.3 Å². The van der Waals surface area contributed by atoms with E-state index in [9.17, 15) is 0 Å². The maximum atomic E-state index is 4.70. The molecule has 21 heavy (non-hydrogen) atoms. The van der Waals surface area contributed by atoms with Crippen molar-refractivity contribution in [1.29, 1.82) is 0 Å². The second kappa shape index (κ2) is 5.24. The van der Waals surface area contributed by atoms with Gasteiger partial charge >= 0.3 is 0 Å². The molecular weight excluding hydrogens is 278 g/mol. The predicted molar refractivity (Wildman–Crippen MR) is 89.2 cm³/mol. The molecule has 0 amide bonds. The molecule has 4 heteroatoms. The maximum Gasteiger partial charge on any atom is 0.141 e. The van der Waals surface area contributed by atoms with Gasteiger partial charge in [0, 0.05) is 18.0 Å². The molecular formula is C17H23N3S. The Hall–Kier alpha value is -1.16. The molecule has 1 saturated heterocycles. The van der Waals surface area contributed by atoms with Crippen LogP contribution in [0.4, 0.5) is 5.82 Å². The standard InChI is InChI=1S/C17H23N3S/c1-11-7-12(2)9-20(8-11)16-15-13-5-3-4-6-14(13)21-17(15)19-10-18-16/h10-12H,3-9H2,1-2H3/t11-,12+. The smallest absolute Gasteiger partial charge is 0.141 e. The summed E-state index contributed by atoms with van der Waals surface area (Å²) in [6, 6.07) is 0. The van der Waals surface area contributed by atoms with Crippen LogP contribution in [0.1, 0.15) is 43.6 Å². The van der Waals surface area contributed by atoms with Gasteiger partial charge in [-0.2, -0.15) is 0 Å². The Kier molecular flexibility index (Phi) is 3.37.